The molecule has 2 aliphatic rings. The van der Waals surface area contributed by atoms with Gasteiger partial charge in [-0.25, -0.2) is 8.42 Å². The van der Waals surface area contributed by atoms with Crippen LogP contribution in [0, 0.1) is 0 Å². The van der Waals surface area contributed by atoms with Crippen molar-refractivity contribution in [1.29, 1.82) is 0 Å². The number of ether oxygens (including phenoxy) is 1. The lowest BCUT2D eigenvalue weighted by molar-refractivity contribution is 0.00609. The van der Waals surface area contributed by atoms with Crippen molar-refractivity contribution in [1.82, 2.24) is 4.90 Å². The predicted octanol–water partition coefficient (Wildman–Crippen LogP) is 4.80. The topological polar surface area (TPSA) is 46.6 Å². The summed E-state index contributed by atoms with van der Waals surface area (Å²) in [5.41, 5.74) is 3.11. The molecule has 0 radical (unpaired) electrons. The highest BCUT2D eigenvalue weighted by Gasteiger charge is 2.39. The van der Waals surface area contributed by atoms with Gasteiger partial charge in [0.05, 0.1) is 4.90 Å². The van der Waals surface area contributed by atoms with Crippen LogP contribution in [0.5, 0.6) is 5.75 Å². The summed E-state index contributed by atoms with van der Waals surface area (Å²) in [6.45, 7) is 8.87. The van der Waals surface area contributed by atoms with E-state index in [1.807, 2.05) is 24.3 Å². The molecular weight excluding hydrogens is 382 g/mol. The molecule has 154 valence electrons. The van der Waals surface area contributed by atoms with E-state index in [0.717, 1.165) is 48.4 Å². The van der Waals surface area contributed by atoms with Crippen LogP contribution in [0.1, 0.15) is 39.2 Å². The van der Waals surface area contributed by atoms with Gasteiger partial charge in [0, 0.05) is 43.3 Å². The molecule has 2 heterocycles. The van der Waals surface area contributed by atoms with E-state index in [1.165, 1.54) is 6.26 Å². The summed E-state index contributed by atoms with van der Waals surface area (Å²) in [7, 11) is -3.18. The lowest BCUT2D eigenvalue weighted by Crippen LogP contribution is -2.53. The molecule has 2 aromatic carbocycles. The number of rotatable bonds is 2. The summed E-state index contributed by atoms with van der Waals surface area (Å²) in [5, 5.41) is 0. The standard InChI is InChI=1S/C24H29NO3S/c1-23(2,3)25-15-13-24(14-16-25)12-11-20-17-19(7-10-22(20)28-24)18-5-8-21(9-6-18)29(4,26)27/h5-12,17H,13-16H2,1-4H3. The number of fused-ring (bicyclic) bond motifs is 1. The molecule has 0 atom stereocenters. The number of nitrogens with zero attached hydrogens (tertiary/aromatic N) is 1. The average Bonchev–Trinajstić information content (AvgIpc) is 2.67. The highest BCUT2D eigenvalue weighted by molar-refractivity contribution is 7.90. The molecule has 2 aromatic rings. The van der Waals surface area contributed by atoms with Gasteiger partial charge in [0.15, 0.2) is 9.84 Å². The Morgan fingerprint density at radius 3 is 2.17 bits per heavy atom. The molecule has 4 rings (SSSR count). The van der Waals surface area contributed by atoms with Crippen molar-refractivity contribution in [3.05, 3.63) is 54.1 Å². The summed E-state index contributed by atoms with van der Waals surface area (Å²) in [5.74, 6) is 0.924. The van der Waals surface area contributed by atoms with Crippen LogP contribution >= 0.6 is 0 Å². The van der Waals surface area contributed by atoms with E-state index < -0.39 is 9.84 Å². The molecule has 0 aliphatic carbocycles. The fourth-order valence-corrected chi connectivity index (χ4v) is 4.80. The van der Waals surface area contributed by atoms with E-state index in [1.54, 1.807) is 12.1 Å². The Morgan fingerprint density at radius 1 is 0.966 bits per heavy atom. The molecule has 4 nitrogen and oxygen atoms in total. The second-order valence-electron chi connectivity index (χ2n) is 9.21. The van der Waals surface area contributed by atoms with Gasteiger partial charge in [0.1, 0.15) is 11.4 Å². The molecule has 1 fully saturated rings. The van der Waals surface area contributed by atoms with Gasteiger partial charge >= 0.3 is 0 Å². The molecule has 1 saturated heterocycles. The van der Waals surface area contributed by atoms with Crippen molar-refractivity contribution in [3.63, 3.8) is 0 Å². The molecule has 5 heteroatoms. The maximum absolute atomic E-state index is 11.7. The molecule has 0 aromatic heterocycles. The molecule has 0 amide bonds. The summed E-state index contributed by atoms with van der Waals surface area (Å²) in [4.78, 5) is 2.86. The highest BCUT2D eigenvalue weighted by atomic mass is 32.2. The van der Waals surface area contributed by atoms with Gasteiger partial charge in [0.2, 0.25) is 0 Å². The van der Waals surface area contributed by atoms with Crippen molar-refractivity contribution in [3.8, 4) is 16.9 Å². The SMILES string of the molecule is CC(C)(C)N1CCC2(C=Cc3cc(-c4ccc(S(C)(=O)=O)cc4)ccc3O2)CC1. The summed E-state index contributed by atoms with van der Waals surface area (Å²) in [6, 6.07) is 13.2. The number of piperidine rings is 1. The zero-order chi connectivity index (χ0) is 20.9. The minimum Gasteiger partial charge on any atom is -0.482 e. The third-order valence-electron chi connectivity index (χ3n) is 6.06. The Bertz CT molecular complexity index is 1040. The molecule has 29 heavy (non-hydrogen) atoms. The van der Waals surface area contributed by atoms with E-state index >= 15 is 0 Å². The van der Waals surface area contributed by atoms with Crippen LogP contribution in [0.2, 0.25) is 0 Å². The Labute approximate surface area is 174 Å². The fourth-order valence-electron chi connectivity index (χ4n) is 4.17. The van der Waals surface area contributed by atoms with Crippen LogP contribution in [0.3, 0.4) is 0 Å². The van der Waals surface area contributed by atoms with Crippen LogP contribution < -0.4 is 4.74 Å². The van der Waals surface area contributed by atoms with Crippen LogP contribution in [-0.4, -0.2) is 43.8 Å². The number of likely N-dealkylation sites (tertiary alicyclic amines) is 1. The lowest BCUT2D eigenvalue weighted by atomic mass is 9.86. The van der Waals surface area contributed by atoms with E-state index in [4.69, 9.17) is 4.74 Å². The van der Waals surface area contributed by atoms with Crippen LogP contribution in [0.25, 0.3) is 17.2 Å². The van der Waals surface area contributed by atoms with Crippen LogP contribution in [0.4, 0.5) is 0 Å². The third-order valence-corrected chi connectivity index (χ3v) is 7.19. The first-order valence-corrected chi connectivity index (χ1v) is 12.0. The fraction of sp³-hybridized carbons (Fsp3) is 0.417. The number of sulfone groups is 1. The average molecular weight is 412 g/mol. The van der Waals surface area contributed by atoms with Gasteiger partial charge in [-0.2, -0.15) is 0 Å². The van der Waals surface area contributed by atoms with Gasteiger partial charge in [-0.05, 0) is 62.2 Å². The van der Waals surface area contributed by atoms with Crippen molar-refractivity contribution in [2.45, 2.75) is 49.6 Å². The second-order valence-corrected chi connectivity index (χ2v) is 11.2. The maximum atomic E-state index is 11.7. The number of benzene rings is 2. The minimum absolute atomic E-state index is 0.194. The Morgan fingerprint density at radius 2 is 1.59 bits per heavy atom. The number of hydrogen-bond donors (Lipinski definition) is 0. The Hall–Kier alpha value is -2.11. The normalized spacial score (nSPS) is 19.0. The third kappa shape index (κ3) is 4.12. The predicted molar refractivity (Wildman–Crippen MR) is 118 cm³/mol. The first-order valence-electron chi connectivity index (χ1n) is 10.1. The molecule has 0 saturated carbocycles. The van der Waals surface area contributed by atoms with E-state index in [0.29, 0.717) is 4.90 Å². The molecular formula is C24H29NO3S. The molecule has 0 bridgehead atoms. The molecule has 0 unspecified atom stereocenters. The van der Waals surface area contributed by atoms with Crippen LogP contribution in [0.15, 0.2) is 53.4 Å². The van der Waals surface area contributed by atoms with Crippen molar-refractivity contribution < 1.29 is 13.2 Å². The first-order chi connectivity index (χ1) is 13.6. The van der Waals surface area contributed by atoms with E-state index in [9.17, 15) is 8.42 Å². The monoisotopic (exact) mass is 411 g/mol. The van der Waals surface area contributed by atoms with Gasteiger partial charge < -0.3 is 4.74 Å². The van der Waals surface area contributed by atoms with Crippen molar-refractivity contribution in [2.24, 2.45) is 0 Å². The summed E-state index contributed by atoms with van der Waals surface area (Å²) in [6.07, 6.45) is 7.63. The van der Waals surface area contributed by atoms with Gasteiger partial charge in [-0.3, -0.25) is 4.90 Å². The van der Waals surface area contributed by atoms with E-state index in [2.05, 4.69) is 43.9 Å². The van der Waals surface area contributed by atoms with E-state index in [-0.39, 0.29) is 11.1 Å². The largest absolute Gasteiger partial charge is 0.482 e. The summed E-state index contributed by atoms with van der Waals surface area (Å²) < 4.78 is 29.8. The summed E-state index contributed by atoms with van der Waals surface area (Å²) >= 11 is 0. The minimum atomic E-state index is -3.18. The first kappa shape index (κ1) is 20.2. The Balaban J connectivity index is 1.54. The van der Waals surface area contributed by atoms with Gasteiger partial charge in [-0.15, -0.1) is 0 Å². The zero-order valence-corrected chi connectivity index (χ0v) is 18.4. The molecule has 2 aliphatic heterocycles. The quantitative estimate of drug-likeness (QED) is 0.712. The van der Waals surface area contributed by atoms with Crippen molar-refractivity contribution >= 4 is 15.9 Å². The maximum Gasteiger partial charge on any atom is 0.175 e. The highest BCUT2D eigenvalue weighted by Crippen LogP contribution is 2.39. The Kier molecular flexibility index (Phi) is 4.87. The van der Waals surface area contributed by atoms with Crippen molar-refractivity contribution in [2.75, 3.05) is 19.3 Å². The zero-order valence-electron chi connectivity index (χ0n) is 17.6. The second kappa shape index (κ2) is 6.99. The van der Waals surface area contributed by atoms with Gasteiger partial charge in [0.25, 0.3) is 0 Å². The lowest BCUT2D eigenvalue weighted by Gasteiger charge is -2.46. The van der Waals surface area contributed by atoms with Gasteiger partial charge in [-0.1, -0.05) is 24.3 Å². The smallest absolute Gasteiger partial charge is 0.175 e. The van der Waals surface area contributed by atoms with Crippen LogP contribution in [-0.2, 0) is 9.84 Å². The molecule has 0 N–H and O–H groups in total. The number of hydrogen-bond acceptors (Lipinski definition) is 4. The molecule has 1 spiro atoms.